The minimum Gasteiger partial charge on any atom is -0.493 e. The Labute approximate surface area is 161 Å². The molecule has 2 N–H and O–H groups in total. The summed E-state index contributed by atoms with van der Waals surface area (Å²) < 4.78 is 46.2. The van der Waals surface area contributed by atoms with Crippen LogP contribution in [-0.4, -0.2) is 36.5 Å². The van der Waals surface area contributed by atoms with Gasteiger partial charge in [0.15, 0.2) is 29.0 Å². The van der Waals surface area contributed by atoms with Crippen molar-refractivity contribution in [2.75, 3.05) is 25.5 Å². The maximum Gasteiger partial charge on any atom is 0.188 e. The van der Waals surface area contributed by atoms with Gasteiger partial charge in [-0.2, -0.15) is 0 Å². The third-order valence-corrected chi connectivity index (χ3v) is 5.07. The number of nitrogens with zero attached hydrogens (tertiary/aromatic N) is 1. The van der Waals surface area contributed by atoms with Crippen LogP contribution in [-0.2, 0) is 0 Å². The SMILES string of the molecule is COc1c(F)cccc1C(=O)[C@@]1(CNc2ncc(F)cc2F)CC[C@H](C)CN1. The Morgan fingerprint density at radius 1 is 1.36 bits per heavy atom. The van der Waals surface area contributed by atoms with Crippen LogP contribution in [0.5, 0.6) is 5.75 Å². The van der Waals surface area contributed by atoms with Crippen LogP contribution in [0, 0.1) is 23.4 Å². The average Bonchev–Trinajstić information content (AvgIpc) is 2.68. The van der Waals surface area contributed by atoms with Crippen LogP contribution in [0.15, 0.2) is 30.5 Å². The summed E-state index contributed by atoms with van der Waals surface area (Å²) in [6.07, 6.45) is 2.12. The molecule has 2 heterocycles. The number of pyridine rings is 1. The van der Waals surface area contributed by atoms with Crippen LogP contribution in [0.1, 0.15) is 30.1 Å². The normalized spacial score (nSPS) is 22.0. The number of piperidine rings is 1. The van der Waals surface area contributed by atoms with E-state index in [4.69, 9.17) is 4.74 Å². The summed E-state index contributed by atoms with van der Waals surface area (Å²) in [5.41, 5.74) is -0.991. The van der Waals surface area contributed by atoms with E-state index in [1.165, 1.54) is 25.3 Å². The molecule has 0 spiro atoms. The molecule has 2 aromatic rings. The second kappa shape index (κ2) is 8.18. The number of aromatic nitrogens is 1. The van der Waals surface area contributed by atoms with Gasteiger partial charge in [0.05, 0.1) is 24.4 Å². The van der Waals surface area contributed by atoms with Gasteiger partial charge in [0.25, 0.3) is 0 Å². The number of benzene rings is 1. The van der Waals surface area contributed by atoms with E-state index < -0.39 is 23.0 Å². The molecule has 150 valence electrons. The molecule has 3 rings (SSSR count). The number of hydrogen-bond acceptors (Lipinski definition) is 5. The zero-order valence-electron chi connectivity index (χ0n) is 15.7. The zero-order chi connectivity index (χ0) is 20.3. The first kappa shape index (κ1) is 20.1. The van der Waals surface area contributed by atoms with E-state index in [-0.39, 0.29) is 29.5 Å². The van der Waals surface area contributed by atoms with Gasteiger partial charge in [0.2, 0.25) is 0 Å². The molecule has 1 aliphatic heterocycles. The number of halogens is 3. The van der Waals surface area contributed by atoms with Crippen molar-refractivity contribution in [2.24, 2.45) is 5.92 Å². The molecular formula is C20H22F3N3O2. The van der Waals surface area contributed by atoms with Crippen LogP contribution in [0.2, 0.25) is 0 Å². The van der Waals surface area contributed by atoms with Gasteiger partial charge in [-0.1, -0.05) is 13.0 Å². The lowest BCUT2D eigenvalue weighted by Gasteiger charge is -2.39. The molecule has 28 heavy (non-hydrogen) atoms. The minimum absolute atomic E-state index is 0.00771. The number of carbonyl (C=O) groups excluding carboxylic acids is 1. The van der Waals surface area contributed by atoms with Crippen molar-refractivity contribution in [3.05, 3.63) is 53.5 Å². The smallest absolute Gasteiger partial charge is 0.188 e. The number of para-hydroxylation sites is 1. The highest BCUT2D eigenvalue weighted by molar-refractivity contribution is 6.06. The summed E-state index contributed by atoms with van der Waals surface area (Å²) in [6.45, 7) is 2.64. The minimum atomic E-state index is -1.10. The van der Waals surface area contributed by atoms with Crippen molar-refractivity contribution in [1.29, 1.82) is 0 Å². The van der Waals surface area contributed by atoms with Gasteiger partial charge < -0.3 is 15.4 Å². The molecule has 0 saturated carbocycles. The number of methoxy groups -OCH3 is 1. The Morgan fingerprint density at radius 2 is 2.14 bits per heavy atom. The Hall–Kier alpha value is -2.61. The lowest BCUT2D eigenvalue weighted by atomic mass is 9.79. The van der Waals surface area contributed by atoms with Crippen LogP contribution >= 0.6 is 0 Å². The molecule has 1 aliphatic rings. The monoisotopic (exact) mass is 393 g/mol. The molecule has 0 bridgehead atoms. The zero-order valence-corrected chi connectivity index (χ0v) is 15.7. The third kappa shape index (κ3) is 3.96. The van der Waals surface area contributed by atoms with E-state index >= 15 is 0 Å². The summed E-state index contributed by atoms with van der Waals surface area (Å²) >= 11 is 0. The van der Waals surface area contributed by atoms with E-state index in [9.17, 15) is 18.0 Å². The fourth-order valence-corrected chi connectivity index (χ4v) is 3.41. The number of Topliss-reactive ketones (excluding diaryl/α,β-unsaturated/α-hetero) is 1. The van der Waals surface area contributed by atoms with Crippen molar-refractivity contribution >= 4 is 11.6 Å². The lowest BCUT2D eigenvalue weighted by molar-refractivity contribution is 0.0802. The summed E-state index contributed by atoms with van der Waals surface area (Å²) in [6, 6.07) is 4.88. The molecule has 1 fully saturated rings. The van der Waals surface area contributed by atoms with Crippen LogP contribution in [0.25, 0.3) is 0 Å². The highest BCUT2D eigenvalue weighted by atomic mass is 19.1. The number of rotatable bonds is 6. The Morgan fingerprint density at radius 3 is 2.79 bits per heavy atom. The maximum absolute atomic E-state index is 14.1. The van der Waals surface area contributed by atoms with E-state index in [0.717, 1.165) is 18.7 Å². The molecule has 0 radical (unpaired) electrons. The molecular weight excluding hydrogens is 371 g/mol. The average molecular weight is 393 g/mol. The van der Waals surface area contributed by atoms with E-state index in [1.54, 1.807) is 0 Å². The number of nitrogens with one attached hydrogen (secondary N) is 2. The van der Waals surface area contributed by atoms with Crippen molar-refractivity contribution < 1.29 is 22.7 Å². The summed E-state index contributed by atoms with van der Waals surface area (Å²) in [7, 11) is 1.30. The third-order valence-electron chi connectivity index (χ3n) is 5.07. The van der Waals surface area contributed by atoms with Gasteiger partial charge in [-0.3, -0.25) is 4.79 Å². The summed E-state index contributed by atoms with van der Waals surface area (Å²) in [5.74, 6) is -2.55. The topological polar surface area (TPSA) is 63.2 Å². The summed E-state index contributed by atoms with van der Waals surface area (Å²) in [4.78, 5) is 17.1. The van der Waals surface area contributed by atoms with E-state index in [2.05, 4.69) is 22.5 Å². The Kier molecular flexibility index (Phi) is 5.88. The second-order valence-corrected chi connectivity index (χ2v) is 7.09. The number of hydrogen-bond donors (Lipinski definition) is 2. The molecule has 1 aromatic carbocycles. The first-order valence-corrected chi connectivity index (χ1v) is 9.03. The van der Waals surface area contributed by atoms with Crippen LogP contribution in [0.3, 0.4) is 0 Å². The van der Waals surface area contributed by atoms with Gasteiger partial charge in [0, 0.05) is 12.6 Å². The first-order valence-electron chi connectivity index (χ1n) is 9.03. The standard InChI is InChI=1S/C20H22F3N3O2/c1-12-6-7-20(26-9-12,11-25-19-16(23)8-13(21)10-24-19)18(27)14-4-3-5-15(22)17(14)28-2/h3-5,8,10,12,26H,6-7,9,11H2,1-2H3,(H,24,25)/t12-,20-/m0/s1. The van der Waals surface area contributed by atoms with Crippen molar-refractivity contribution in [1.82, 2.24) is 10.3 Å². The van der Waals surface area contributed by atoms with Crippen molar-refractivity contribution in [2.45, 2.75) is 25.3 Å². The Balaban J connectivity index is 1.92. The molecule has 0 amide bonds. The molecule has 2 atom stereocenters. The highest BCUT2D eigenvalue weighted by Gasteiger charge is 2.42. The highest BCUT2D eigenvalue weighted by Crippen LogP contribution is 2.32. The molecule has 5 nitrogen and oxygen atoms in total. The predicted octanol–water partition coefficient (Wildman–Crippen LogP) is 3.56. The van der Waals surface area contributed by atoms with Crippen LogP contribution in [0.4, 0.5) is 19.0 Å². The van der Waals surface area contributed by atoms with E-state index in [1.807, 2.05) is 0 Å². The number of ketones is 1. The maximum atomic E-state index is 14.1. The molecule has 1 saturated heterocycles. The number of ether oxygens (including phenoxy) is 1. The lowest BCUT2D eigenvalue weighted by Crippen LogP contribution is -2.60. The van der Waals surface area contributed by atoms with Gasteiger partial charge in [-0.15, -0.1) is 0 Å². The van der Waals surface area contributed by atoms with Gasteiger partial charge in [0.1, 0.15) is 5.82 Å². The molecule has 8 heteroatoms. The fourth-order valence-electron chi connectivity index (χ4n) is 3.41. The van der Waals surface area contributed by atoms with E-state index in [0.29, 0.717) is 18.9 Å². The largest absolute Gasteiger partial charge is 0.493 e. The number of carbonyl (C=O) groups is 1. The first-order chi connectivity index (χ1) is 13.4. The van der Waals surface area contributed by atoms with Crippen molar-refractivity contribution in [3.63, 3.8) is 0 Å². The van der Waals surface area contributed by atoms with Gasteiger partial charge in [-0.25, -0.2) is 18.2 Å². The Bertz CT molecular complexity index is 868. The van der Waals surface area contributed by atoms with Crippen molar-refractivity contribution in [3.8, 4) is 5.75 Å². The molecule has 0 unspecified atom stereocenters. The quantitative estimate of drug-likeness (QED) is 0.735. The number of anilines is 1. The fraction of sp³-hybridized carbons (Fsp3) is 0.400. The van der Waals surface area contributed by atoms with Gasteiger partial charge in [-0.05, 0) is 37.4 Å². The second-order valence-electron chi connectivity index (χ2n) is 7.09. The molecule has 0 aliphatic carbocycles. The predicted molar refractivity (Wildman–Crippen MR) is 99.1 cm³/mol. The van der Waals surface area contributed by atoms with Gasteiger partial charge >= 0.3 is 0 Å². The summed E-state index contributed by atoms with van der Waals surface area (Å²) in [5, 5.41) is 6.04. The van der Waals surface area contributed by atoms with Crippen LogP contribution < -0.4 is 15.4 Å². The molecule has 1 aromatic heterocycles.